The molecule has 1 saturated heterocycles. The molecule has 7 heteroatoms. The number of nitrogens with one attached hydrogen (secondary N) is 1. The van der Waals surface area contributed by atoms with E-state index in [0.29, 0.717) is 11.1 Å². The molecule has 3 rings (SSSR count). The fourth-order valence-electron chi connectivity index (χ4n) is 3.23. The molecule has 0 saturated carbocycles. The molecule has 1 N–H and O–H groups in total. The van der Waals surface area contributed by atoms with Gasteiger partial charge in [0.1, 0.15) is 5.56 Å². The number of nitrogens with zero attached hydrogens (tertiary/aromatic N) is 2. The van der Waals surface area contributed by atoms with Crippen LogP contribution < -0.4 is 5.32 Å². The van der Waals surface area contributed by atoms with Gasteiger partial charge < -0.3 is 10.2 Å². The van der Waals surface area contributed by atoms with Gasteiger partial charge in [-0.25, -0.2) is 0 Å². The summed E-state index contributed by atoms with van der Waals surface area (Å²) in [5, 5.41) is 13.9. The van der Waals surface area contributed by atoms with Crippen molar-refractivity contribution in [3.05, 3.63) is 74.8 Å². The van der Waals surface area contributed by atoms with Crippen LogP contribution in [0.2, 0.25) is 0 Å². The first-order chi connectivity index (χ1) is 13.0. The molecule has 0 aromatic heterocycles. The number of para-hydroxylation sites is 1. The van der Waals surface area contributed by atoms with Crippen LogP contribution in [0.4, 0.5) is 5.69 Å². The Morgan fingerprint density at radius 2 is 1.78 bits per heavy atom. The van der Waals surface area contributed by atoms with E-state index in [0.717, 1.165) is 31.5 Å². The van der Waals surface area contributed by atoms with Crippen molar-refractivity contribution >= 4 is 17.5 Å². The van der Waals surface area contributed by atoms with Crippen molar-refractivity contribution in [3.63, 3.8) is 0 Å². The number of benzene rings is 2. The van der Waals surface area contributed by atoms with Gasteiger partial charge in [0.05, 0.1) is 4.92 Å². The molecule has 1 fully saturated rings. The molecule has 0 aliphatic carbocycles. The minimum absolute atomic E-state index is 0.0264. The first-order valence-corrected chi connectivity index (χ1v) is 8.88. The molecule has 2 amide bonds. The van der Waals surface area contributed by atoms with Crippen molar-refractivity contribution in [2.75, 3.05) is 13.1 Å². The summed E-state index contributed by atoms with van der Waals surface area (Å²) in [6.45, 7) is 3.42. The van der Waals surface area contributed by atoms with E-state index in [9.17, 15) is 19.7 Å². The predicted molar refractivity (Wildman–Crippen MR) is 101 cm³/mol. The second kappa shape index (κ2) is 7.99. The molecule has 0 radical (unpaired) electrons. The Bertz CT molecular complexity index is 871. The zero-order chi connectivity index (χ0) is 19.4. The van der Waals surface area contributed by atoms with E-state index in [4.69, 9.17) is 0 Å². The molecule has 7 nitrogen and oxygen atoms in total. The highest BCUT2D eigenvalue weighted by Crippen LogP contribution is 2.23. The SMILES string of the molecule is Cc1cccc(C(=O)NCc2ccc(C(=O)N3CCCC3)cc2)c1[N+](=O)[O-]. The van der Waals surface area contributed by atoms with Crippen LogP contribution in [0.5, 0.6) is 0 Å². The van der Waals surface area contributed by atoms with Crippen molar-refractivity contribution in [1.82, 2.24) is 10.2 Å². The Balaban J connectivity index is 1.65. The third kappa shape index (κ3) is 4.13. The Kier molecular flexibility index (Phi) is 5.49. The number of rotatable bonds is 5. The van der Waals surface area contributed by atoms with Gasteiger partial charge in [-0.3, -0.25) is 19.7 Å². The first-order valence-electron chi connectivity index (χ1n) is 8.88. The molecule has 1 heterocycles. The Morgan fingerprint density at radius 3 is 2.41 bits per heavy atom. The van der Waals surface area contributed by atoms with Crippen LogP contribution in [0.25, 0.3) is 0 Å². The molecule has 0 unspecified atom stereocenters. The molecular weight excluding hydrogens is 346 g/mol. The van der Waals surface area contributed by atoms with E-state index in [1.54, 1.807) is 43.3 Å². The molecule has 27 heavy (non-hydrogen) atoms. The quantitative estimate of drug-likeness (QED) is 0.649. The lowest BCUT2D eigenvalue weighted by molar-refractivity contribution is -0.385. The summed E-state index contributed by atoms with van der Waals surface area (Å²) in [5.74, 6) is -0.471. The molecule has 0 atom stereocenters. The van der Waals surface area contributed by atoms with Crippen LogP contribution in [0.3, 0.4) is 0 Å². The minimum atomic E-state index is -0.539. The summed E-state index contributed by atoms with van der Waals surface area (Å²) in [6, 6.07) is 11.7. The molecule has 2 aromatic carbocycles. The zero-order valence-corrected chi connectivity index (χ0v) is 15.1. The van der Waals surface area contributed by atoms with Crippen molar-refractivity contribution < 1.29 is 14.5 Å². The van der Waals surface area contributed by atoms with Gasteiger partial charge in [-0.1, -0.05) is 24.3 Å². The van der Waals surface area contributed by atoms with Crippen LogP contribution in [-0.2, 0) is 6.54 Å². The average molecular weight is 367 g/mol. The van der Waals surface area contributed by atoms with Gasteiger partial charge in [0, 0.05) is 30.8 Å². The van der Waals surface area contributed by atoms with E-state index >= 15 is 0 Å². The zero-order valence-electron chi connectivity index (χ0n) is 15.1. The molecule has 140 valence electrons. The van der Waals surface area contributed by atoms with Crippen molar-refractivity contribution in [2.45, 2.75) is 26.3 Å². The van der Waals surface area contributed by atoms with E-state index in [1.807, 2.05) is 4.90 Å². The smallest absolute Gasteiger partial charge is 0.285 e. The second-order valence-electron chi connectivity index (χ2n) is 6.61. The van der Waals surface area contributed by atoms with Crippen molar-refractivity contribution in [1.29, 1.82) is 0 Å². The first kappa shape index (κ1) is 18.6. The number of aryl methyl sites for hydroxylation is 1. The fourth-order valence-corrected chi connectivity index (χ4v) is 3.23. The van der Waals surface area contributed by atoms with Gasteiger partial charge in [0.25, 0.3) is 17.5 Å². The van der Waals surface area contributed by atoms with E-state index < -0.39 is 10.8 Å². The number of likely N-dealkylation sites (tertiary alicyclic amines) is 1. The van der Waals surface area contributed by atoms with Gasteiger partial charge >= 0.3 is 0 Å². The summed E-state index contributed by atoms with van der Waals surface area (Å²) >= 11 is 0. The van der Waals surface area contributed by atoms with Gasteiger partial charge in [0.2, 0.25) is 0 Å². The monoisotopic (exact) mass is 367 g/mol. The van der Waals surface area contributed by atoms with E-state index in [2.05, 4.69) is 5.32 Å². The van der Waals surface area contributed by atoms with Crippen LogP contribution in [0.15, 0.2) is 42.5 Å². The van der Waals surface area contributed by atoms with Crippen LogP contribution in [-0.4, -0.2) is 34.7 Å². The summed E-state index contributed by atoms with van der Waals surface area (Å²) in [4.78, 5) is 37.2. The number of nitro benzene ring substituents is 1. The highest BCUT2D eigenvalue weighted by atomic mass is 16.6. The third-order valence-electron chi connectivity index (χ3n) is 4.71. The summed E-state index contributed by atoms with van der Waals surface area (Å²) in [5.41, 5.74) is 1.75. The Morgan fingerprint density at radius 1 is 1.11 bits per heavy atom. The topological polar surface area (TPSA) is 92.6 Å². The summed E-state index contributed by atoms with van der Waals surface area (Å²) in [6.07, 6.45) is 2.09. The van der Waals surface area contributed by atoms with Gasteiger partial charge in [0.15, 0.2) is 0 Å². The fraction of sp³-hybridized carbons (Fsp3) is 0.300. The van der Waals surface area contributed by atoms with E-state index in [-0.39, 0.29) is 23.7 Å². The third-order valence-corrected chi connectivity index (χ3v) is 4.71. The average Bonchev–Trinajstić information content (AvgIpc) is 3.20. The van der Waals surface area contributed by atoms with Crippen molar-refractivity contribution in [2.24, 2.45) is 0 Å². The lowest BCUT2D eigenvalue weighted by atomic mass is 10.1. The lowest BCUT2D eigenvalue weighted by Gasteiger charge is -2.15. The molecule has 1 aliphatic rings. The number of hydrogen-bond donors (Lipinski definition) is 1. The molecule has 0 spiro atoms. The number of amides is 2. The van der Waals surface area contributed by atoms with Crippen LogP contribution in [0.1, 0.15) is 44.7 Å². The normalized spacial score (nSPS) is 13.4. The Labute approximate surface area is 157 Å². The molecular formula is C20H21N3O4. The largest absolute Gasteiger partial charge is 0.348 e. The maximum absolute atomic E-state index is 12.4. The maximum atomic E-state index is 12.4. The lowest BCUT2D eigenvalue weighted by Crippen LogP contribution is -2.27. The number of carbonyl (C=O) groups is 2. The van der Waals surface area contributed by atoms with Crippen LogP contribution in [0, 0.1) is 17.0 Å². The van der Waals surface area contributed by atoms with Gasteiger partial charge in [-0.2, -0.15) is 0 Å². The number of hydrogen-bond acceptors (Lipinski definition) is 4. The van der Waals surface area contributed by atoms with Crippen LogP contribution >= 0.6 is 0 Å². The molecule has 0 bridgehead atoms. The highest BCUT2D eigenvalue weighted by molar-refractivity contribution is 5.98. The molecule has 2 aromatic rings. The van der Waals surface area contributed by atoms with Gasteiger partial charge in [-0.05, 0) is 43.5 Å². The van der Waals surface area contributed by atoms with E-state index in [1.165, 1.54) is 6.07 Å². The number of carbonyl (C=O) groups excluding carboxylic acids is 2. The maximum Gasteiger partial charge on any atom is 0.285 e. The highest BCUT2D eigenvalue weighted by Gasteiger charge is 2.22. The summed E-state index contributed by atoms with van der Waals surface area (Å²) in [7, 11) is 0. The standard InChI is InChI=1S/C20H21N3O4/c1-14-5-4-6-17(18(14)23(26)27)19(24)21-13-15-7-9-16(10-8-15)20(25)22-11-2-3-12-22/h4-10H,2-3,11-13H2,1H3,(H,21,24). The number of nitro groups is 1. The van der Waals surface area contributed by atoms with Crippen molar-refractivity contribution in [3.8, 4) is 0 Å². The second-order valence-corrected chi connectivity index (χ2v) is 6.61. The summed E-state index contributed by atoms with van der Waals surface area (Å²) < 4.78 is 0. The predicted octanol–water partition coefficient (Wildman–Crippen LogP) is 3.07. The molecule has 1 aliphatic heterocycles. The van der Waals surface area contributed by atoms with Gasteiger partial charge in [-0.15, -0.1) is 0 Å². The Hall–Kier alpha value is -3.22. The minimum Gasteiger partial charge on any atom is -0.348 e.